The Labute approximate surface area is 90.4 Å². The van der Waals surface area contributed by atoms with Crippen molar-refractivity contribution in [1.82, 2.24) is 9.88 Å². The molecule has 80 valence electrons. The molecule has 0 amide bonds. The van der Waals surface area contributed by atoms with E-state index in [0.29, 0.717) is 5.88 Å². The second-order valence-corrected chi connectivity index (χ2v) is 3.81. The molecule has 0 N–H and O–H groups in total. The largest absolute Gasteiger partial charge is 0.481 e. The zero-order valence-electron chi connectivity index (χ0n) is 9.23. The predicted octanol–water partition coefficient (Wildman–Crippen LogP) is 1.81. The fourth-order valence-electron chi connectivity index (χ4n) is 1.71. The van der Waals surface area contributed by atoms with Crippen LogP contribution in [0.3, 0.4) is 0 Å². The molecular formula is C12H16N2O. The van der Waals surface area contributed by atoms with E-state index >= 15 is 0 Å². The average Bonchev–Trinajstić information content (AvgIpc) is 2.30. The van der Waals surface area contributed by atoms with Crippen LogP contribution in [0.25, 0.3) is 5.57 Å². The molecule has 15 heavy (non-hydrogen) atoms. The molecule has 2 heterocycles. The minimum atomic E-state index is 0.687. The van der Waals surface area contributed by atoms with Gasteiger partial charge in [0.2, 0.25) is 5.88 Å². The lowest BCUT2D eigenvalue weighted by Gasteiger charge is -2.21. The molecule has 0 radical (unpaired) electrons. The lowest BCUT2D eigenvalue weighted by Crippen LogP contribution is -2.23. The van der Waals surface area contributed by atoms with Crippen molar-refractivity contribution in [3.63, 3.8) is 0 Å². The fraction of sp³-hybridized carbons (Fsp3) is 0.417. The van der Waals surface area contributed by atoms with Gasteiger partial charge in [-0.05, 0) is 25.1 Å². The topological polar surface area (TPSA) is 25.4 Å². The summed E-state index contributed by atoms with van der Waals surface area (Å²) in [6.45, 7) is 2.11. The molecule has 0 saturated heterocycles. The summed E-state index contributed by atoms with van der Waals surface area (Å²) in [5.41, 5.74) is 2.37. The van der Waals surface area contributed by atoms with Crippen molar-refractivity contribution in [3.05, 3.63) is 30.0 Å². The summed E-state index contributed by atoms with van der Waals surface area (Å²) in [6, 6.07) is 5.90. The Kier molecular flexibility index (Phi) is 3.02. The molecule has 1 aromatic rings. The molecule has 0 fully saturated rings. The van der Waals surface area contributed by atoms with Crippen LogP contribution in [-0.4, -0.2) is 37.1 Å². The van der Waals surface area contributed by atoms with Gasteiger partial charge in [0.25, 0.3) is 0 Å². The summed E-state index contributed by atoms with van der Waals surface area (Å²) < 4.78 is 5.12. The van der Waals surface area contributed by atoms with Crippen LogP contribution in [0, 0.1) is 0 Å². The Morgan fingerprint density at radius 1 is 1.40 bits per heavy atom. The van der Waals surface area contributed by atoms with Gasteiger partial charge in [0, 0.05) is 19.2 Å². The third kappa shape index (κ3) is 2.36. The van der Waals surface area contributed by atoms with Gasteiger partial charge in [-0.15, -0.1) is 0 Å². The first-order valence-corrected chi connectivity index (χ1v) is 5.18. The SMILES string of the molecule is COc1cccc(C2=CCN(C)CC2)n1. The van der Waals surface area contributed by atoms with Gasteiger partial charge >= 0.3 is 0 Å². The van der Waals surface area contributed by atoms with Crippen LogP contribution in [0.2, 0.25) is 0 Å². The number of nitrogens with zero attached hydrogens (tertiary/aromatic N) is 2. The van der Waals surface area contributed by atoms with Crippen LogP contribution in [0.5, 0.6) is 5.88 Å². The van der Waals surface area contributed by atoms with Crippen LogP contribution in [0.4, 0.5) is 0 Å². The number of likely N-dealkylation sites (N-methyl/N-ethyl adjacent to an activating group) is 1. The van der Waals surface area contributed by atoms with E-state index < -0.39 is 0 Å². The van der Waals surface area contributed by atoms with E-state index in [2.05, 4.69) is 23.0 Å². The smallest absolute Gasteiger partial charge is 0.213 e. The Morgan fingerprint density at radius 2 is 2.27 bits per heavy atom. The molecular weight excluding hydrogens is 188 g/mol. The fourth-order valence-corrected chi connectivity index (χ4v) is 1.71. The molecule has 0 spiro atoms. The van der Waals surface area contributed by atoms with Gasteiger partial charge in [-0.25, -0.2) is 4.98 Å². The summed E-state index contributed by atoms with van der Waals surface area (Å²) >= 11 is 0. The highest BCUT2D eigenvalue weighted by Crippen LogP contribution is 2.21. The molecule has 3 nitrogen and oxygen atoms in total. The molecule has 3 heteroatoms. The maximum absolute atomic E-state index is 5.12. The highest BCUT2D eigenvalue weighted by Gasteiger charge is 2.10. The van der Waals surface area contributed by atoms with E-state index in [9.17, 15) is 0 Å². The molecule has 0 unspecified atom stereocenters. The van der Waals surface area contributed by atoms with Crippen LogP contribution in [0.1, 0.15) is 12.1 Å². The Balaban J connectivity index is 2.22. The third-order valence-corrected chi connectivity index (χ3v) is 2.67. The minimum Gasteiger partial charge on any atom is -0.481 e. The van der Waals surface area contributed by atoms with Gasteiger partial charge in [0.15, 0.2) is 0 Å². The van der Waals surface area contributed by atoms with E-state index in [1.807, 2.05) is 18.2 Å². The van der Waals surface area contributed by atoms with Crippen LogP contribution in [-0.2, 0) is 0 Å². The number of pyridine rings is 1. The average molecular weight is 204 g/mol. The lowest BCUT2D eigenvalue weighted by molar-refractivity contribution is 0.369. The van der Waals surface area contributed by atoms with Crippen molar-refractivity contribution < 1.29 is 4.74 Å². The van der Waals surface area contributed by atoms with Crippen LogP contribution in [0.15, 0.2) is 24.3 Å². The maximum Gasteiger partial charge on any atom is 0.213 e. The number of hydrogen-bond acceptors (Lipinski definition) is 3. The van der Waals surface area contributed by atoms with Gasteiger partial charge in [-0.3, -0.25) is 0 Å². The Morgan fingerprint density at radius 3 is 2.93 bits per heavy atom. The number of hydrogen-bond donors (Lipinski definition) is 0. The third-order valence-electron chi connectivity index (χ3n) is 2.67. The zero-order valence-corrected chi connectivity index (χ0v) is 9.23. The Bertz CT molecular complexity index is 374. The van der Waals surface area contributed by atoms with Gasteiger partial charge in [-0.1, -0.05) is 12.1 Å². The molecule has 0 aromatic carbocycles. The number of methoxy groups -OCH3 is 1. The summed E-state index contributed by atoms with van der Waals surface area (Å²) in [6.07, 6.45) is 3.31. The highest BCUT2D eigenvalue weighted by atomic mass is 16.5. The number of aromatic nitrogens is 1. The van der Waals surface area contributed by atoms with E-state index in [1.54, 1.807) is 7.11 Å². The lowest BCUT2D eigenvalue weighted by atomic mass is 10.0. The molecule has 1 aliphatic rings. The first-order chi connectivity index (χ1) is 7.29. The second-order valence-electron chi connectivity index (χ2n) is 3.81. The van der Waals surface area contributed by atoms with Crippen molar-refractivity contribution in [1.29, 1.82) is 0 Å². The normalized spacial score (nSPS) is 17.3. The van der Waals surface area contributed by atoms with Gasteiger partial charge < -0.3 is 9.64 Å². The molecule has 0 aliphatic carbocycles. The van der Waals surface area contributed by atoms with E-state index in [1.165, 1.54) is 5.57 Å². The van der Waals surface area contributed by atoms with Crippen molar-refractivity contribution in [2.24, 2.45) is 0 Å². The molecule has 0 bridgehead atoms. The van der Waals surface area contributed by atoms with Crippen molar-refractivity contribution in [2.45, 2.75) is 6.42 Å². The van der Waals surface area contributed by atoms with E-state index in [0.717, 1.165) is 25.2 Å². The zero-order chi connectivity index (χ0) is 10.7. The number of ether oxygens (including phenoxy) is 1. The first kappa shape index (κ1) is 10.2. The number of rotatable bonds is 2. The summed E-state index contributed by atoms with van der Waals surface area (Å²) in [5, 5.41) is 0. The van der Waals surface area contributed by atoms with Crippen molar-refractivity contribution in [3.8, 4) is 5.88 Å². The van der Waals surface area contributed by atoms with Gasteiger partial charge in [0.05, 0.1) is 12.8 Å². The van der Waals surface area contributed by atoms with Crippen LogP contribution >= 0.6 is 0 Å². The minimum absolute atomic E-state index is 0.687. The summed E-state index contributed by atoms with van der Waals surface area (Å²) in [4.78, 5) is 6.73. The molecule has 0 saturated carbocycles. The van der Waals surface area contributed by atoms with Gasteiger partial charge in [0.1, 0.15) is 0 Å². The van der Waals surface area contributed by atoms with E-state index in [-0.39, 0.29) is 0 Å². The van der Waals surface area contributed by atoms with Crippen molar-refractivity contribution >= 4 is 5.57 Å². The predicted molar refractivity (Wildman–Crippen MR) is 60.9 cm³/mol. The van der Waals surface area contributed by atoms with Crippen molar-refractivity contribution in [2.75, 3.05) is 27.2 Å². The molecule has 2 rings (SSSR count). The standard InChI is InChI=1S/C12H16N2O/c1-14-8-6-10(7-9-14)11-4-3-5-12(13-11)15-2/h3-6H,7-9H2,1-2H3. The monoisotopic (exact) mass is 204 g/mol. The summed E-state index contributed by atoms with van der Waals surface area (Å²) in [7, 11) is 3.78. The molecule has 1 aromatic heterocycles. The Hall–Kier alpha value is -1.35. The second kappa shape index (κ2) is 4.45. The molecule has 0 atom stereocenters. The van der Waals surface area contributed by atoms with Gasteiger partial charge in [-0.2, -0.15) is 0 Å². The van der Waals surface area contributed by atoms with E-state index in [4.69, 9.17) is 4.74 Å². The first-order valence-electron chi connectivity index (χ1n) is 5.18. The molecule has 1 aliphatic heterocycles. The quantitative estimate of drug-likeness (QED) is 0.734. The van der Waals surface area contributed by atoms with Crippen LogP contribution < -0.4 is 4.74 Å². The maximum atomic E-state index is 5.12. The highest BCUT2D eigenvalue weighted by molar-refractivity contribution is 5.63. The summed E-state index contributed by atoms with van der Waals surface area (Å²) in [5.74, 6) is 0.687.